The number of carbonyl (C=O) groups is 2. The third kappa shape index (κ3) is 3.89. The average Bonchev–Trinajstić information content (AvgIpc) is 3.24. The van der Waals surface area contributed by atoms with Gasteiger partial charge >= 0.3 is 0 Å². The number of hydrogen-bond acceptors (Lipinski definition) is 5. The molecule has 2 fully saturated rings. The number of benzene rings is 1. The predicted molar refractivity (Wildman–Crippen MR) is 121 cm³/mol. The molecule has 2 amide bonds. The Morgan fingerprint density at radius 3 is 2.43 bits per heavy atom. The van der Waals surface area contributed by atoms with E-state index in [0.717, 1.165) is 38.2 Å². The molecule has 0 radical (unpaired) electrons. The molecule has 1 aromatic heterocycles. The van der Waals surface area contributed by atoms with Crippen molar-refractivity contribution < 1.29 is 14.0 Å². The number of piperidine rings is 1. The van der Waals surface area contributed by atoms with Crippen LogP contribution >= 0.6 is 12.2 Å². The molecule has 0 bridgehead atoms. The lowest BCUT2D eigenvalue weighted by Gasteiger charge is -2.36. The van der Waals surface area contributed by atoms with Crippen LogP contribution in [0.2, 0.25) is 0 Å². The Morgan fingerprint density at radius 2 is 1.73 bits per heavy atom. The molecule has 3 heterocycles. The number of amides is 2. The Balaban J connectivity index is 1.68. The largest absolute Gasteiger partial charge is 0.441 e. The van der Waals surface area contributed by atoms with Crippen LogP contribution in [-0.2, 0) is 9.59 Å². The summed E-state index contributed by atoms with van der Waals surface area (Å²) in [6, 6.07) is 12.9. The number of carbonyl (C=O) groups excluding carboxylic acids is 2. The summed E-state index contributed by atoms with van der Waals surface area (Å²) in [4.78, 5) is 31.5. The lowest BCUT2D eigenvalue weighted by molar-refractivity contribution is -0.127. The van der Waals surface area contributed by atoms with Crippen LogP contribution < -0.4 is 9.80 Å². The summed E-state index contributed by atoms with van der Waals surface area (Å²) in [5.74, 6) is 0.456. The molecular weight excluding hydrogens is 398 g/mol. The van der Waals surface area contributed by atoms with Gasteiger partial charge in [0.25, 0.3) is 11.8 Å². The van der Waals surface area contributed by atoms with Gasteiger partial charge in [-0.2, -0.15) is 0 Å². The molecule has 2 aliphatic heterocycles. The highest BCUT2D eigenvalue weighted by atomic mass is 32.1. The first kappa shape index (κ1) is 20.3. The molecule has 0 atom stereocenters. The topological polar surface area (TPSA) is 57.0 Å². The van der Waals surface area contributed by atoms with E-state index in [1.807, 2.05) is 43.3 Å². The number of anilines is 2. The van der Waals surface area contributed by atoms with Crippen molar-refractivity contribution in [1.82, 2.24) is 4.90 Å². The second kappa shape index (κ2) is 8.83. The molecule has 2 saturated heterocycles. The van der Waals surface area contributed by atoms with Crippen LogP contribution in [0.25, 0.3) is 6.08 Å². The van der Waals surface area contributed by atoms with Crippen molar-refractivity contribution in [2.24, 2.45) is 0 Å². The third-order valence-electron chi connectivity index (χ3n) is 5.36. The van der Waals surface area contributed by atoms with Gasteiger partial charge in [0.2, 0.25) is 0 Å². The Bertz CT molecular complexity index is 977. The predicted octanol–water partition coefficient (Wildman–Crippen LogP) is 4.22. The molecule has 0 aliphatic carbocycles. The van der Waals surface area contributed by atoms with Gasteiger partial charge in [-0.25, -0.2) is 0 Å². The van der Waals surface area contributed by atoms with Crippen LogP contribution in [0.4, 0.5) is 11.6 Å². The first-order chi connectivity index (χ1) is 14.6. The van der Waals surface area contributed by atoms with Crippen LogP contribution in [-0.4, -0.2) is 41.5 Å². The fourth-order valence-corrected chi connectivity index (χ4v) is 4.21. The van der Waals surface area contributed by atoms with Gasteiger partial charge in [0.1, 0.15) is 11.3 Å². The molecule has 6 nitrogen and oxygen atoms in total. The van der Waals surface area contributed by atoms with E-state index in [1.165, 1.54) is 16.2 Å². The van der Waals surface area contributed by atoms with Gasteiger partial charge in [0, 0.05) is 25.7 Å². The number of nitrogens with zero attached hydrogens (tertiary/aromatic N) is 3. The van der Waals surface area contributed by atoms with E-state index in [-0.39, 0.29) is 16.6 Å². The van der Waals surface area contributed by atoms with Crippen molar-refractivity contribution in [3.63, 3.8) is 0 Å². The maximum absolute atomic E-state index is 13.3. The number of furan rings is 1. The smallest absolute Gasteiger partial charge is 0.270 e. The quantitative estimate of drug-likeness (QED) is 0.409. The molecule has 2 aromatic rings. The second-order valence-electron chi connectivity index (χ2n) is 7.50. The third-order valence-corrected chi connectivity index (χ3v) is 5.76. The van der Waals surface area contributed by atoms with Gasteiger partial charge in [-0.3, -0.25) is 19.4 Å². The van der Waals surface area contributed by atoms with Crippen molar-refractivity contribution in [3.05, 3.63) is 53.8 Å². The molecule has 7 heteroatoms. The van der Waals surface area contributed by atoms with E-state index in [9.17, 15) is 9.59 Å². The van der Waals surface area contributed by atoms with Gasteiger partial charge in [-0.15, -0.1) is 0 Å². The maximum atomic E-state index is 13.3. The van der Waals surface area contributed by atoms with Gasteiger partial charge in [0.15, 0.2) is 11.0 Å². The molecule has 0 spiro atoms. The Hall–Kier alpha value is -2.93. The number of hydrogen-bond donors (Lipinski definition) is 0. The standard InChI is InChI=1S/C23H25N3O3S/c1-2-13-25-21(27)19(22(28)26(23(25)30)17-9-5-3-6-10-17)16-18-11-12-20(29-18)24-14-7-4-8-15-24/h3,5-6,9-12,16H,2,4,7-8,13-15H2,1H3/b19-16+. The second-order valence-corrected chi connectivity index (χ2v) is 7.86. The van der Waals surface area contributed by atoms with Crippen LogP contribution in [0.15, 0.2) is 52.5 Å². The number of para-hydroxylation sites is 1. The summed E-state index contributed by atoms with van der Waals surface area (Å²) in [6.07, 6.45) is 5.79. The van der Waals surface area contributed by atoms with Crippen molar-refractivity contribution in [2.45, 2.75) is 32.6 Å². The highest BCUT2D eigenvalue weighted by molar-refractivity contribution is 7.80. The van der Waals surface area contributed by atoms with Gasteiger partial charge in [-0.05, 0) is 62.2 Å². The first-order valence-electron chi connectivity index (χ1n) is 10.4. The van der Waals surface area contributed by atoms with Crippen LogP contribution in [0, 0.1) is 0 Å². The Kier molecular flexibility index (Phi) is 5.99. The summed E-state index contributed by atoms with van der Waals surface area (Å²) in [7, 11) is 0. The molecule has 156 valence electrons. The molecule has 0 unspecified atom stereocenters. The van der Waals surface area contributed by atoms with E-state index in [4.69, 9.17) is 16.6 Å². The summed E-state index contributed by atoms with van der Waals surface area (Å²) < 4.78 is 5.96. The van der Waals surface area contributed by atoms with E-state index < -0.39 is 5.91 Å². The minimum Gasteiger partial charge on any atom is -0.441 e. The summed E-state index contributed by atoms with van der Waals surface area (Å²) in [6.45, 7) is 4.34. The van der Waals surface area contributed by atoms with Gasteiger partial charge in [0.05, 0.1) is 5.69 Å². The zero-order chi connectivity index (χ0) is 21.1. The summed E-state index contributed by atoms with van der Waals surface area (Å²) >= 11 is 5.51. The lowest BCUT2D eigenvalue weighted by Crippen LogP contribution is -2.56. The molecule has 2 aliphatic rings. The van der Waals surface area contributed by atoms with Crippen molar-refractivity contribution in [2.75, 3.05) is 29.4 Å². The normalized spacial score (nSPS) is 19.2. The number of thiocarbonyl (C=S) groups is 1. The zero-order valence-corrected chi connectivity index (χ0v) is 17.9. The van der Waals surface area contributed by atoms with Crippen LogP contribution in [0.1, 0.15) is 38.4 Å². The molecule has 0 saturated carbocycles. The van der Waals surface area contributed by atoms with E-state index in [1.54, 1.807) is 12.1 Å². The summed E-state index contributed by atoms with van der Waals surface area (Å²) in [5, 5.41) is 0.212. The SMILES string of the molecule is CCCN1C(=O)/C(=C\c2ccc(N3CCCCC3)o2)C(=O)N(c2ccccc2)C1=S. The fourth-order valence-electron chi connectivity index (χ4n) is 3.85. The number of rotatable bonds is 5. The molecule has 1 aromatic carbocycles. The van der Waals surface area contributed by atoms with Crippen molar-refractivity contribution in [1.29, 1.82) is 0 Å². The van der Waals surface area contributed by atoms with E-state index >= 15 is 0 Å². The minimum atomic E-state index is -0.431. The van der Waals surface area contributed by atoms with Crippen LogP contribution in [0.3, 0.4) is 0 Å². The molecular formula is C23H25N3O3S. The average molecular weight is 424 g/mol. The minimum absolute atomic E-state index is 0.0560. The highest BCUT2D eigenvalue weighted by Gasteiger charge is 2.40. The van der Waals surface area contributed by atoms with Crippen molar-refractivity contribution in [3.8, 4) is 0 Å². The monoisotopic (exact) mass is 423 g/mol. The maximum Gasteiger partial charge on any atom is 0.270 e. The van der Waals surface area contributed by atoms with E-state index in [0.29, 0.717) is 18.0 Å². The van der Waals surface area contributed by atoms with Gasteiger partial charge in [-0.1, -0.05) is 25.1 Å². The summed E-state index contributed by atoms with van der Waals surface area (Å²) in [5.41, 5.74) is 0.695. The van der Waals surface area contributed by atoms with Gasteiger partial charge < -0.3 is 9.32 Å². The first-order valence-corrected chi connectivity index (χ1v) is 10.8. The molecule has 0 N–H and O–H groups in total. The fraction of sp³-hybridized carbons (Fsp3) is 0.348. The van der Waals surface area contributed by atoms with E-state index in [2.05, 4.69) is 4.90 Å². The Morgan fingerprint density at radius 1 is 1.00 bits per heavy atom. The Labute approximate surface area is 181 Å². The van der Waals surface area contributed by atoms with Crippen molar-refractivity contribution >= 4 is 46.8 Å². The highest BCUT2D eigenvalue weighted by Crippen LogP contribution is 2.28. The molecule has 30 heavy (non-hydrogen) atoms. The molecule has 4 rings (SSSR count). The van der Waals surface area contributed by atoms with Crippen LogP contribution in [0.5, 0.6) is 0 Å². The lowest BCUT2D eigenvalue weighted by atomic mass is 10.1. The zero-order valence-electron chi connectivity index (χ0n) is 17.0.